The Kier molecular flexibility index (Phi) is 3.98. The lowest BCUT2D eigenvalue weighted by molar-refractivity contribution is -0.137. The minimum Gasteiger partial charge on any atom is -0.481 e. The third kappa shape index (κ3) is 3.92. The Morgan fingerprint density at radius 3 is 2.75 bits per heavy atom. The van der Waals surface area contributed by atoms with Crippen molar-refractivity contribution in [3.8, 4) is 0 Å². The molecule has 2 rings (SSSR count). The van der Waals surface area contributed by atoms with E-state index in [2.05, 4.69) is 4.72 Å². The third-order valence-corrected chi connectivity index (χ3v) is 3.46. The molecule has 0 amide bonds. The van der Waals surface area contributed by atoms with E-state index in [1.54, 1.807) is 18.2 Å². The molecule has 110 valence electrons. The van der Waals surface area contributed by atoms with Crippen LogP contribution in [-0.2, 0) is 19.6 Å². The summed E-state index contributed by atoms with van der Waals surface area (Å²) in [6, 6.07) is 4.25. The minimum absolute atomic E-state index is 0.170. The number of nitrogens with one attached hydrogen (secondary N) is 1. The van der Waals surface area contributed by atoms with Crippen molar-refractivity contribution < 1.29 is 23.1 Å². The highest BCUT2D eigenvalue weighted by molar-refractivity contribution is 7.92. The molecule has 7 nitrogen and oxygen atoms in total. The van der Waals surface area contributed by atoms with Crippen LogP contribution in [0.4, 0.5) is 5.69 Å². The lowest BCUT2D eigenvalue weighted by atomic mass is 9.99. The second-order valence-electron chi connectivity index (χ2n) is 4.75. The standard InChI is InChI=1S/C12H16N2O5S/c1-20(17,18)14-10-3-2-7(9(13)5-12(15)16)4-8(10)11-6-19-11/h2-4,9,11,14H,5-6,13H2,1H3,(H,15,16). The zero-order valence-corrected chi connectivity index (χ0v) is 11.7. The average Bonchev–Trinajstić information content (AvgIpc) is 3.10. The molecule has 20 heavy (non-hydrogen) atoms. The summed E-state index contributed by atoms with van der Waals surface area (Å²) in [6.45, 7) is 0.510. The first-order valence-corrected chi connectivity index (χ1v) is 7.86. The van der Waals surface area contributed by atoms with E-state index in [0.717, 1.165) is 6.26 Å². The van der Waals surface area contributed by atoms with E-state index in [4.69, 9.17) is 15.6 Å². The van der Waals surface area contributed by atoms with Gasteiger partial charge in [0, 0.05) is 11.6 Å². The average molecular weight is 300 g/mol. The fourth-order valence-electron chi connectivity index (χ4n) is 1.90. The molecule has 1 heterocycles. The van der Waals surface area contributed by atoms with Gasteiger partial charge in [-0.2, -0.15) is 0 Å². The van der Waals surface area contributed by atoms with Gasteiger partial charge >= 0.3 is 5.97 Å². The van der Waals surface area contributed by atoms with Crippen molar-refractivity contribution in [2.75, 3.05) is 17.6 Å². The van der Waals surface area contributed by atoms with Crippen LogP contribution in [0.15, 0.2) is 18.2 Å². The summed E-state index contributed by atoms with van der Waals surface area (Å²) in [5.74, 6) is -0.986. The zero-order valence-electron chi connectivity index (χ0n) is 10.9. The molecule has 0 spiro atoms. The Morgan fingerprint density at radius 1 is 1.60 bits per heavy atom. The van der Waals surface area contributed by atoms with Crippen molar-refractivity contribution in [3.63, 3.8) is 0 Å². The molecule has 1 saturated heterocycles. The van der Waals surface area contributed by atoms with Crippen LogP contribution < -0.4 is 10.5 Å². The summed E-state index contributed by atoms with van der Waals surface area (Å²) >= 11 is 0. The van der Waals surface area contributed by atoms with Crippen LogP contribution in [0.1, 0.15) is 29.7 Å². The van der Waals surface area contributed by atoms with Gasteiger partial charge in [0.15, 0.2) is 0 Å². The first kappa shape index (κ1) is 14.8. The fraction of sp³-hybridized carbons (Fsp3) is 0.417. The SMILES string of the molecule is CS(=O)(=O)Nc1ccc(C(N)CC(=O)O)cc1C1CO1. The summed E-state index contributed by atoms with van der Waals surface area (Å²) in [6.07, 6.45) is 0.703. The number of hydrogen-bond donors (Lipinski definition) is 3. The van der Waals surface area contributed by atoms with Gasteiger partial charge < -0.3 is 15.6 Å². The molecule has 0 aromatic heterocycles. The number of nitrogens with two attached hydrogens (primary N) is 1. The molecule has 1 aliphatic heterocycles. The molecule has 8 heteroatoms. The van der Waals surface area contributed by atoms with Crippen LogP contribution in [-0.4, -0.2) is 32.4 Å². The molecule has 1 aromatic carbocycles. The molecule has 0 radical (unpaired) electrons. The summed E-state index contributed by atoms with van der Waals surface area (Å²) in [4.78, 5) is 10.7. The number of epoxide rings is 1. The van der Waals surface area contributed by atoms with Crippen molar-refractivity contribution in [1.82, 2.24) is 0 Å². The van der Waals surface area contributed by atoms with E-state index in [1.165, 1.54) is 0 Å². The largest absolute Gasteiger partial charge is 0.481 e. The number of rotatable bonds is 6. The first-order valence-electron chi connectivity index (χ1n) is 5.97. The summed E-state index contributed by atoms with van der Waals surface area (Å²) in [5, 5.41) is 8.75. The Balaban J connectivity index is 2.30. The highest BCUT2D eigenvalue weighted by atomic mass is 32.2. The molecule has 0 bridgehead atoms. The van der Waals surface area contributed by atoms with Crippen molar-refractivity contribution in [2.24, 2.45) is 5.73 Å². The van der Waals surface area contributed by atoms with E-state index in [9.17, 15) is 13.2 Å². The minimum atomic E-state index is -3.39. The Hall–Kier alpha value is -1.64. The third-order valence-electron chi connectivity index (χ3n) is 2.87. The maximum absolute atomic E-state index is 11.3. The fourth-order valence-corrected chi connectivity index (χ4v) is 2.49. The van der Waals surface area contributed by atoms with Gasteiger partial charge in [0.2, 0.25) is 10.0 Å². The van der Waals surface area contributed by atoms with Gasteiger partial charge in [-0.1, -0.05) is 6.07 Å². The van der Waals surface area contributed by atoms with Crippen LogP contribution >= 0.6 is 0 Å². The topological polar surface area (TPSA) is 122 Å². The van der Waals surface area contributed by atoms with E-state index >= 15 is 0 Å². The highest BCUT2D eigenvalue weighted by Gasteiger charge is 2.29. The number of hydrogen-bond acceptors (Lipinski definition) is 5. The van der Waals surface area contributed by atoms with Gasteiger partial charge in [0.25, 0.3) is 0 Å². The molecule has 4 N–H and O–H groups in total. The van der Waals surface area contributed by atoms with Gasteiger partial charge in [-0.05, 0) is 17.7 Å². The van der Waals surface area contributed by atoms with Crippen LogP contribution in [0.2, 0.25) is 0 Å². The lowest BCUT2D eigenvalue weighted by Gasteiger charge is -2.14. The molecule has 0 aliphatic carbocycles. The normalized spacial score (nSPS) is 19.4. The van der Waals surface area contributed by atoms with E-state index in [-0.39, 0.29) is 12.5 Å². The summed E-state index contributed by atoms with van der Waals surface area (Å²) in [5.41, 5.74) is 7.54. The van der Waals surface area contributed by atoms with Gasteiger partial charge in [-0.25, -0.2) is 8.42 Å². The Bertz CT molecular complexity index is 625. The van der Waals surface area contributed by atoms with Crippen LogP contribution in [0.3, 0.4) is 0 Å². The molecular formula is C12H16N2O5S. The van der Waals surface area contributed by atoms with E-state index in [1.807, 2.05) is 0 Å². The Morgan fingerprint density at radius 2 is 2.25 bits per heavy atom. The van der Waals surface area contributed by atoms with Crippen LogP contribution in [0.25, 0.3) is 0 Å². The second-order valence-corrected chi connectivity index (χ2v) is 6.50. The number of carboxylic acid groups (broad SMARTS) is 1. The maximum Gasteiger partial charge on any atom is 0.305 e. The zero-order chi connectivity index (χ0) is 14.9. The quantitative estimate of drug-likeness (QED) is 0.661. The number of sulfonamides is 1. The predicted molar refractivity (Wildman–Crippen MR) is 72.8 cm³/mol. The van der Waals surface area contributed by atoms with Crippen molar-refractivity contribution in [1.29, 1.82) is 0 Å². The molecule has 2 atom stereocenters. The molecule has 2 unspecified atom stereocenters. The summed E-state index contributed by atoms with van der Waals surface area (Å²) < 4.78 is 30.2. The first-order chi connectivity index (χ1) is 9.26. The van der Waals surface area contributed by atoms with E-state index in [0.29, 0.717) is 23.4 Å². The van der Waals surface area contributed by atoms with Gasteiger partial charge in [-0.3, -0.25) is 9.52 Å². The number of aliphatic carboxylic acids is 1. The predicted octanol–water partition coefficient (Wildman–Crippen LogP) is 0.604. The van der Waals surface area contributed by atoms with Crippen molar-refractivity contribution in [3.05, 3.63) is 29.3 Å². The maximum atomic E-state index is 11.3. The van der Waals surface area contributed by atoms with Gasteiger partial charge in [-0.15, -0.1) is 0 Å². The molecule has 1 fully saturated rings. The smallest absolute Gasteiger partial charge is 0.305 e. The summed E-state index contributed by atoms with van der Waals surface area (Å²) in [7, 11) is -3.39. The Labute approximate surface area is 116 Å². The molecular weight excluding hydrogens is 284 g/mol. The van der Waals surface area contributed by atoms with Crippen molar-refractivity contribution >= 4 is 21.7 Å². The van der Waals surface area contributed by atoms with Gasteiger partial charge in [0.05, 0.1) is 25.0 Å². The van der Waals surface area contributed by atoms with Crippen LogP contribution in [0, 0.1) is 0 Å². The number of carbonyl (C=O) groups is 1. The number of ether oxygens (including phenoxy) is 1. The number of anilines is 1. The molecule has 0 saturated carbocycles. The van der Waals surface area contributed by atoms with Crippen molar-refractivity contribution in [2.45, 2.75) is 18.6 Å². The van der Waals surface area contributed by atoms with Gasteiger partial charge in [0.1, 0.15) is 6.10 Å². The second kappa shape index (κ2) is 5.39. The molecule has 1 aliphatic rings. The van der Waals surface area contributed by atoms with E-state index < -0.39 is 22.0 Å². The number of carboxylic acids is 1. The lowest BCUT2D eigenvalue weighted by Crippen LogP contribution is -2.16. The number of benzene rings is 1. The van der Waals surface area contributed by atoms with Crippen LogP contribution in [0.5, 0.6) is 0 Å². The highest BCUT2D eigenvalue weighted by Crippen LogP contribution is 2.37. The monoisotopic (exact) mass is 300 g/mol. The molecule has 1 aromatic rings.